The van der Waals surface area contributed by atoms with Gasteiger partial charge in [0.1, 0.15) is 10.5 Å². The van der Waals surface area contributed by atoms with E-state index in [-0.39, 0.29) is 27.7 Å². The molecule has 0 atom stereocenters. The average Bonchev–Trinajstić information content (AvgIpc) is 3.19. The monoisotopic (exact) mass is 486 g/mol. The van der Waals surface area contributed by atoms with Gasteiger partial charge in [-0.1, -0.05) is 0 Å². The van der Waals surface area contributed by atoms with Crippen LogP contribution in [0.2, 0.25) is 0 Å². The van der Waals surface area contributed by atoms with Crippen LogP contribution in [0.25, 0.3) is 5.69 Å². The zero-order valence-corrected chi connectivity index (χ0v) is 19.7. The van der Waals surface area contributed by atoms with E-state index >= 15 is 0 Å². The zero-order valence-electron chi connectivity index (χ0n) is 18.1. The van der Waals surface area contributed by atoms with E-state index in [0.29, 0.717) is 12.8 Å². The fourth-order valence-electron chi connectivity index (χ4n) is 5.21. The molecule has 0 aliphatic heterocycles. The number of ether oxygens (including phenoxy) is 1. The third kappa shape index (κ3) is 3.03. The van der Waals surface area contributed by atoms with Crippen LogP contribution in [0.15, 0.2) is 30.5 Å². The fourth-order valence-corrected chi connectivity index (χ4v) is 7.18. The fraction of sp³-hybridized carbons (Fsp3) is 0.476. The number of carbonyl (C=O) groups excluding carboxylic acids is 1. The normalized spacial score (nSPS) is 26.7. The Labute approximate surface area is 194 Å². The summed E-state index contributed by atoms with van der Waals surface area (Å²) in [7, 11) is -1.68. The SMILES string of the molecule is COc1ccc(-n2ncc(C34CC(NC(=O)c5nc(C6(S(C)(=O)=O)CC6)ns5)(C3)C4)n2)cc1. The Hall–Kier alpha value is -2.86. The summed E-state index contributed by atoms with van der Waals surface area (Å²) in [5.41, 5.74) is 1.46. The van der Waals surface area contributed by atoms with Gasteiger partial charge in [-0.2, -0.15) is 19.4 Å². The smallest absolute Gasteiger partial charge is 0.282 e. The molecule has 2 bridgehead atoms. The molecule has 10 nitrogen and oxygen atoms in total. The Morgan fingerprint density at radius 1 is 1.18 bits per heavy atom. The van der Waals surface area contributed by atoms with Crippen molar-refractivity contribution in [3.05, 3.63) is 47.0 Å². The van der Waals surface area contributed by atoms with E-state index in [9.17, 15) is 13.2 Å². The van der Waals surface area contributed by atoms with Gasteiger partial charge in [0.25, 0.3) is 5.91 Å². The van der Waals surface area contributed by atoms with Gasteiger partial charge in [-0.3, -0.25) is 4.79 Å². The van der Waals surface area contributed by atoms with Crippen molar-refractivity contribution in [3.63, 3.8) is 0 Å². The van der Waals surface area contributed by atoms with Gasteiger partial charge in [0.2, 0.25) is 5.01 Å². The largest absolute Gasteiger partial charge is 0.497 e. The number of hydrogen-bond acceptors (Lipinski definition) is 9. The van der Waals surface area contributed by atoms with Crippen LogP contribution < -0.4 is 10.1 Å². The lowest BCUT2D eigenvalue weighted by molar-refractivity contribution is -0.0836. The Balaban J connectivity index is 1.11. The Bertz CT molecular complexity index is 1350. The predicted octanol–water partition coefficient (Wildman–Crippen LogP) is 1.77. The van der Waals surface area contributed by atoms with Gasteiger partial charge >= 0.3 is 0 Å². The standard InChI is InChI=1S/C21H22N6O4S2/c1-31-14-5-3-13(4-6-14)27-22-9-15(25-27)19-10-20(11-19,12-19)24-16(28)17-23-18(26-32-17)21(7-8-21)33(2,29)30/h3-6,9H,7-8,10-12H2,1-2H3,(H,24,28). The Morgan fingerprint density at radius 3 is 2.48 bits per heavy atom. The minimum absolute atomic E-state index is 0.0569. The lowest BCUT2D eigenvalue weighted by atomic mass is 9.38. The molecule has 33 heavy (non-hydrogen) atoms. The van der Waals surface area contributed by atoms with E-state index in [2.05, 4.69) is 24.9 Å². The number of nitrogens with zero attached hydrogens (tertiary/aromatic N) is 5. The van der Waals surface area contributed by atoms with E-state index in [1.165, 1.54) is 6.26 Å². The highest BCUT2D eigenvalue weighted by molar-refractivity contribution is 7.91. The second-order valence-corrected chi connectivity index (χ2v) is 12.5. The molecule has 2 heterocycles. The molecule has 0 spiro atoms. The molecule has 1 N–H and O–H groups in total. The Kier molecular flexibility index (Phi) is 4.14. The Morgan fingerprint density at radius 2 is 1.88 bits per heavy atom. The maximum Gasteiger partial charge on any atom is 0.282 e. The first-order chi connectivity index (χ1) is 15.7. The van der Waals surface area contributed by atoms with Gasteiger partial charge in [0.05, 0.1) is 24.7 Å². The molecule has 2 aromatic heterocycles. The molecule has 4 aliphatic rings. The topological polar surface area (TPSA) is 129 Å². The molecule has 0 radical (unpaired) electrons. The van der Waals surface area contributed by atoms with Crippen molar-refractivity contribution in [1.82, 2.24) is 29.7 Å². The van der Waals surface area contributed by atoms with Crippen LogP contribution in [0.4, 0.5) is 0 Å². The first kappa shape index (κ1) is 20.7. The summed E-state index contributed by atoms with van der Waals surface area (Å²) in [6.07, 6.45) is 6.41. The molecule has 3 aromatic rings. The molecule has 4 fully saturated rings. The quantitative estimate of drug-likeness (QED) is 0.535. The number of carbonyl (C=O) groups is 1. The van der Waals surface area contributed by atoms with Crippen molar-refractivity contribution in [2.75, 3.05) is 13.4 Å². The number of nitrogens with one attached hydrogen (secondary N) is 1. The van der Waals surface area contributed by atoms with Crippen molar-refractivity contribution < 1.29 is 17.9 Å². The van der Waals surface area contributed by atoms with Gasteiger partial charge < -0.3 is 10.1 Å². The lowest BCUT2D eigenvalue weighted by Gasteiger charge is -2.69. The molecule has 4 saturated carbocycles. The molecule has 1 aromatic carbocycles. The van der Waals surface area contributed by atoms with Crippen molar-refractivity contribution in [3.8, 4) is 11.4 Å². The second kappa shape index (κ2) is 6.60. The lowest BCUT2D eigenvalue weighted by Crippen LogP contribution is -2.76. The van der Waals surface area contributed by atoms with Gasteiger partial charge in [0.15, 0.2) is 15.7 Å². The molecule has 1 amide bonds. The van der Waals surface area contributed by atoms with Crippen LogP contribution >= 0.6 is 11.5 Å². The number of benzene rings is 1. The maximum atomic E-state index is 12.8. The molecule has 172 valence electrons. The van der Waals surface area contributed by atoms with Crippen LogP contribution in [0, 0.1) is 0 Å². The van der Waals surface area contributed by atoms with Crippen molar-refractivity contribution in [1.29, 1.82) is 0 Å². The third-order valence-corrected chi connectivity index (χ3v) is 9.91. The van der Waals surface area contributed by atoms with E-state index in [0.717, 1.165) is 47.9 Å². The van der Waals surface area contributed by atoms with E-state index in [1.54, 1.807) is 18.1 Å². The van der Waals surface area contributed by atoms with Crippen LogP contribution in [-0.4, -0.2) is 57.6 Å². The summed E-state index contributed by atoms with van der Waals surface area (Å²) < 4.78 is 32.5. The summed E-state index contributed by atoms with van der Waals surface area (Å²) in [5.74, 6) is 0.733. The number of hydrogen-bond donors (Lipinski definition) is 1. The van der Waals surface area contributed by atoms with Crippen LogP contribution in [0.5, 0.6) is 5.75 Å². The predicted molar refractivity (Wildman–Crippen MR) is 119 cm³/mol. The number of methoxy groups -OCH3 is 1. The summed E-state index contributed by atoms with van der Waals surface area (Å²) in [4.78, 5) is 18.7. The van der Waals surface area contributed by atoms with Crippen LogP contribution in [-0.2, 0) is 20.0 Å². The molecule has 4 aliphatic carbocycles. The summed E-state index contributed by atoms with van der Waals surface area (Å²) in [6.45, 7) is 0. The van der Waals surface area contributed by atoms with Crippen molar-refractivity contribution in [2.45, 2.75) is 47.8 Å². The third-order valence-electron chi connectivity index (χ3n) is 7.19. The van der Waals surface area contributed by atoms with E-state index in [4.69, 9.17) is 4.74 Å². The highest BCUT2D eigenvalue weighted by atomic mass is 32.2. The van der Waals surface area contributed by atoms with Crippen LogP contribution in [0.3, 0.4) is 0 Å². The first-order valence-electron chi connectivity index (χ1n) is 10.6. The van der Waals surface area contributed by atoms with Gasteiger partial charge in [-0.05, 0) is 67.9 Å². The average molecular weight is 487 g/mol. The zero-order chi connectivity index (χ0) is 23.1. The van der Waals surface area contributed by atoms with Gasteiger partial charge in [0, 0.05) is 17.2 Å². The van der Waals surface area contributed by atoms with E-state index < -0.39 is 14.6 Å². The van der Waals surface area contributed by atoms with E-state index in [1.807, 2.05) is 24.3 Å². The second-order valence-electron chi connectivity index (χ2n) is 9.45. The molecule has 12 heteroatoms. The number of amides is 1. The first-order valence-corrected chi connectivity index (χ1v) is 13.3. The molecule has 0 saturated heterocycles. The summed E-state index contributed by atoms with van der Waals surface area (Å²) >= 11 is 0.960. The summed E-state index contributed by atoms with van der Waals surface area (Å²) in [6, 6.07) is 7.53. The highest BCUT2D eigenvalue weighted by Crippen LogP contribution is 2.67. The minimum Gasteiger partial charge on any atom is -0.497 e. The molecular formula is C21H22N6O4S2. The van der Waals surface area contributed by atoms with Crippen molar-refractivity contribution in [2.24, 2.45) is 0 Å². The van der Waals surface area contributed by atoms with Crippen molar-refractivity contribution >= 4 is 27.3 Å². The van der Waals surface area contributed by atoms with Crippen LogP contribution in [0.1, 0.15) is 53.4 Å². The molecule has 0 unspecified atom stereocenters. The van der Waals surface area contributed by atoms with Gasteiger partial charge in [-0.15, -0.1) is 0 Å². The number of rotatable bonds is 7. The maximum absolute atomic E-state index is 12.8. The minimum atomic E-state index is -3.31. The summed E-state index contributed by atoms with van der Waals surface area (Å²) in [5, 5.41) is 12.4. The number of aromatic nitrogens is 5. The molecular weight excluding hydrogens is 464 g/mol. The number of sulfone groups is 1. The van der Waals surface area contributed by atoms with Gasteiger partial charge in [-0.25, -0.2) is 13.4 Å². The highest BCUT2D eigenvalue weighted by Gasteiger charge is 2.70. The molecule has 7 rings (SSSR count).